The highest BCUT2D eigenvalue weighted by atomic mass is 79.9. The lowest BCUT2D eigenvalue weighted by Gasteiger charge is -2.13. The Morgan fingerprint density at radius 2 is 2.14 bits per heavy atom. The van der Waals surface area contributed by atoms with Gasteiger partial charge in [-0.1, -0.05) is 28.1 Å². The molecule has 7 heteroatoms. The molecule has 1 fully saturated rings. The lowest BCUT2D eigenvalue weighted by Crippen LogP contribution is -2.34. The van der Waals surface area contributed by atoms with Gasteiger partial charge in [0.1, 0.15) is 5.69 Å². The van der Waals surface area contributed by atoms with Crippen molar-refractivity contribution >= 4 is 21.8 Å². The maximum atomic E-state index is 12.1. The molecule has 1 aliphatic heterocycles. The lowest BCUT2D eigenvalue weighted by molar-refractivity contribution is 0.0922. The van der Waals surface area contributed by atoms with Gasteiger partial charge in [-0.3, -0.25) is 9.89 Å². The van der Waals surface area contributed by atoms with E-state index in [9.17, 15) is 9.90 Å². The Hall–Kier alpha value is -1.70. The largest absolute Gasteiger partial charge is 0.391 e. The van der Waals surface area contributed by atoms with Gasteiger partial charge < -0.3 is 15.7 Å². The molecule has 0 radical (unpaired) electrons. The van der Waals surface area contributed by atoms with E-state index in [0.717, 1.165) is 15.7 Å². The Morgan fingerprint density at radius 3 is 2.82 bits per heavy atom. The van der Waals surface area contributed by atoms with Gasteiger partial charge in [0.2, 0.25) is 0 Å². The molecule has 1 amide bonds. The number of nitrogens with zero attached hydrogens (tertiary/aromatic N) is 1. The molecule has 0 bridgehead atoms. The van der Waals surface area contributed by atoms with E-state index in [1.165, 1.54) is 0 Å². The second kappa shape index (κ2) is 6.60. The number of nitrogens with one attached hydrogen (secondary N) is 3. The number of benzene rings is 1. The van der Waals surface area contributed by atoms with Gasteiger partial charge >= 0.3 is 0 Å². The average molecular weight is 365 g/mol. The van der Waals surface area contributed by atoms with Crippen LogP contribution in [0.1, 0.15) is 10.5 Å². The van der Waals surface area contributed by atoms with Gasteiger partial charge in [-0.15, -0.1) is 0 Å². The van der Waals surface area contributed by atoms with Crippen molar-refractivity contribution in [1.82, 2.24) is 20.8 Å². The maximum absolute atomic E-state index is 12.1. The number of aromatic amines is 1. The molecular formula is C15H17BrN4O2. The van der Waals surface area contributed by atoms with Gasteiger partial charge in [0.05, 0.1) is 11.8 Å². The number of H-pyrrole nitrogens is 1. The summed E-state index contributed by atoms with van der Waals surface area (Å²) in [5.41, 5.74) is 2.08. The van der Waals surface area contributed by atoms with Crippen molar-refractivity contribution in [2.45, 2.75) is 6.10 Å². The van der Waals surface area contributed by atoms with E-state index in [2.05, 4.69) is 36.8 Å². The zero-order valence-electron chi connectivity index (χ0n) is 11.8. The third-order valence-electron chi connectivity index (χ3n) is 3.79. The minimum absolute atomic E-state index is 0.0535. The van der Waals surface area contributed by atoms with Crippen LogP contribution in [0, 0.1) is 5.92 Å². The molecule has 1 aromatic heterocycles. The molecule has 1 saturated heterocycles. The highest BCUT2D eigenvalue weighted by Crippen LogP contribution is 2.20. The molecule has 2 unspecified atom stereocenters. The van der Waals surface area contributed by atoms with Crippen LogP contribution in [0.5, 0.6) is 0 Å². The number of carbonyl (C=O) groups is 1. The number of aromatic nitrogens is 2. The van der Waals surface area contributed by atoms with Crippen molar-refractivity contribution in [3.05, 3.63) is 40.5 Å². The fourth-order valence-electron chi connectivity index (χ4n) is 2.45. The zero-order valence-corrected chi connectivity index (χ0v) is 13.4. The Morgan fingerprint density at radius 1 is 1.36 bits per heavy atom. The first kappa shape index (κ1) is 15.2. The summed E-state index contributed by atoms with van der Waals surface area (Å²) in [6.07, 6.45) is -0.402. The smallest absolute Gasteiger partial charge is 0.269 e. The normalized spacial score (nSPS) is 21.0. The first-order valence-electron chi connectivity index (χ1n) is 7.12. The maximum Gasteiger partial charge on any atom is 0.269 e. The highest BCUT2D eigenvalue weighted by molar-refractivity contribution is 9.10. The molecule has 4 N–H and O–H groups in total. The number of hydrogen-bond donors (Lipinski definition) is 4. The number of halogens is 1. The zero-order chi connectivity index (χ0) is 15.5. The summed E-state index contributed by atoms with van der Waals surface area (Å²) < 4.78 is 0.994. The first-order chi connectivity index (χ1) is 10.6. The summed E-state index contributed by atoms with van der Waals surface area (Å²) in [6.45, 7) is 1.74. The molecule has 1 aromatic carbocycles. The first-order valence-corrected chi connectivity index (χ1v) is 7.91. The number of hydrogen-bond acceptors (Lipinski definition) is 4. The van der Waals surface area contributed by atoms with Gasteiger partial charge in [0.25, 0.3) is 5.91 Å². The van der Waals surface area contributed by atoms with E-state index in [1.54, 1.807) is 6.07 Å². The molecule has 6 nitrogen and oxygen atoms in total. The highest BCUT2D eigenvalue weighted by Gasteiger charge is 2.25. The Labute approximate surface area is 136 Å². The summed E-state index contributed by atoms with van der Waals surface area (Å²) in [5, 5.41) is 22.6. The van der Waals surface area contributed by atoms with Crippen LogP contribution >= 0.6 is 15.9 Å². The van der Waals surface area contributed by atoms with E-state index in [1.807, 2.05) is 24.3 Å². The molecule has 2 aromatic rings. The lowest BCUT2D eigenvalue weighted by atomic mass is 10.1. The second-order valence-electron chi connectivity index (χ2n) is 5.37. The van der Waals surface area contributed by atoms with Gasteiger partial charge in [-0.2, -0.15) is 5.10 Å². The minimum atomic E-state index is -0.402. The standard InChI is InChI=1S/C15H17BrN4O2/c16-11-3-1-9(2-4-11)12-5-13(20-19-12)15(22)18-7-10-6-17-8-14(10)21/h1-5,10,14,17,21H,6-8H2,(H,18,22)(H,19,20). The molecule has 2 atom stereocenters. The number of rotatable bonds is 4. The third kappa shape index (κ3) is 3.37. The van der Waals surface area contributed by atoms with Crippen LogP contribution in [-0.2, 0) is 0 Å². The minimum Gasteiger partial charge on any atom is -0.391 e. The van der Waals surface area contributed by atoms with Crippen LogP contribution in [0.2, 0.25) is 0 Å². The fourth-order valence-corrected chi connectivity index (χ4v) is 2.72. The number of β-amino-alcohol motifs (C(OH)–C–C–N with tert-alkyl or cyclic N) is 1. The van der Waals surface area contributed by atoms with Gasteiger partial charge in [-0.25, -0.2) is 0 Å². The summed E-state index contributed by atoms with van der Waals surface area (Å²) in [7, 11) is 0. The third-order valence-corrected chi connectivity index (χ3v) is 4.32. The molecular weight excluding hydrogens is 348 g/mol. The van der Waals surface area contributed by atoms with Crippen molar-refractivity contribution < 1.29 is 9.90 Å². The predicted octanol–water partition coefficient (Wildman–Crippen LogP) is 1.15. The Bertz CT molecular complexity index is 656. The SMILES string of the molecule is O=C(NCC1CNCC1O)c1cc(-c2ccc(Br)cc2)n[nH]1. The van der Waals surface area contributed by atoms with E-state index in [-0.39, 0.29) is 11.8 Å². The molecule has 0 saturated carbocycles. The van der Waals surface area contributed by atoms with Crippen molar-refractivity contribution in [1.29, 1.82) is 0 Å². The monoisotopic (exact) mass is 364 g/mol. The van der Waals surface area contributed by atoms with Crippen molar-refractivity contribution in [2.24, 2.45) is 5.92 Å². The van der Waals surface area contributed by atoms with E-state index in [4.69, 9.17) is 0 Å². The molecule has 2 heterocycles. The van der Waals surface area contributed by atoms with E-state index in [0.29, 0.717) is 25.3 Å². The summed E-state index contributed by atoms with van der Waals surface area (Å²) in [6, 6.07) is 9.45. The number of aliphatic hydroxyl groups excluding tert-OH is 1. The van der Waals surface area contributed by atoms with E-state index >= 15 is 0 Å². The van der Waals surface area contributed by atoms with Gasteiger partial charge in [0.15, 0.2) is 0 Å². The Balaban J connectivity index is 1.63. The Kier molecular flexibility index (Phi) is 4.56. The number of carbonyl (C=O) groups excluding carboxylic acids is 1. The van der Waals surface area contributed by atoms with Crippen LogP contribution in [0.3, 0.4) is 0 Å². The molecule has 0 aliphatic carbocycles. The van der Waals surface area contributed by atoms with E-state index < -0.39 is 6.10 Å². The van der Waals surface area contributed by atoms with Crippen LogP contribution in [0.15, 0.2) is 34.8 Å². The molecule has 22 heavy (non-hydrogen) atoms. The molecule has 0 spiro atoms. The average Bonchev–Trinajstić information content (AvgIpc) is 3.15. The number of aliphatic hydroxyl groups is 1. The molecule has 3 rings (SSSR count). The molecule has 1 aliphatic rings. The summed E-state index contributed by atoms with van der Waals surface area (Å²) in [4.78, 5) is 12.1. The van der Waals surface area contributed by atoms with Crippen molar-refractivity contribution in [3.8, 4) is 11.3 Å². The van der Waals surface area contributed by atoms with Crippen molar-refractivity contribution in [2.75, 3.05) is 19.6 Å². The summed E-state index contributed by atoms with van der Waals surface area (Å²) in [5.74, 6) is -0.159. The van der Waals surface area contributed by atoms with Gasteiger partial charge in [0, 0.05) is 35.6 Å². The fraction of sp³-hybridized carbons (Fsp3) is 0.333. The van der Waals surface area contributed by atoms with Crippen LogP contribution in [0.4, 0.5) is 0 Å². The molecule has 116 valence electrons. The van der Waals surface area contributed by atoms with Gasteiger partial charge in [-0.05, 0) is 18.2 Å². The van der Waals surface area contributed by atoms with Crippen LogP contribution in [0.25, 0.3) is 11.3 Å². The van der Waals surface area contributed by atoms with Crippen LogP contribution in [-0.4, -0.2) is 46.9 Å². The topological polar surface area (TPSA) is 90.0 Å². The second-order valence-corrected chi connectivity index (χ2v) is 6.29. The van der Waals surface area contributed by atoms with Crippen LogP contribution < -0.4 is 10.6 Å². The summed E-state index contributed by atoms with van der Waals surface area (Å²) >= 11 is 3.39. The van der Waals surface area contributed by atoms with Crippen molar-refractivity contribution in [3.63, 3.8) is 0 Å². The number of amides is 1. The predicted molar refractivity (Wildman–Crippen MR) is 86.4 cm³/mol. The quantitative estimate of drug-likeness (QED) is 0.655.